The van der Waals surface area contributed by atoms with Crippen molar-refractivity contribution in [2.45, 2.75) is 6.61 Å². The summed E-state index contributed by atoms with van der Waals surface area (Å²) in [5.41, 5.74) is -0.446. The summed E-state index contributed by atoms with van der Waals surface area (Å²) in [6.45, 7) is -3.01. The molecule has 0 aromatic carbocycles. The first-order chi connectivity index (χ1) is 6.09. The number of halogens is 2. The van der Waals surface area contributed by atoms with E-state index in [-0.39, 0.29) is 5.75 Å². The van der Waals surface area contributed by atoms with Gasteiger partial charge in [-0.3, -0.25) is 0 Å². The molecule has 0 unspecified atom stereocenters. The summed E-state index contributed by atoms with van der Waals surface area (Å²) in [5, 5.41) is 14.7. The highest BCUT2D eigenvalue weighted by Crippen LogP contribution is 2.12. The highest BCUT2D eigenvalue weighted by Gasteiger charge is 2.09. The van der Waals surface area contributed by atoms with Crippen LogP contribution in [0.1, 0.15) is 10.5 Å². The van der Waals surface area contributed by atoms with Crippen LogP contribution in [0.4, 0.5) is 8.78 Å². The summed E-state index contributed by atoms with van der Waals surface area (Å²) in [7, 11) is 0. The number of aromatic carboxylic acids is 1. The summed E-state index contributed by atoms with van der Waals surface area (Å²) < 4.78 is 27.2. The highest BCUT2D eigenvalue weighted by molar-refractivity contribution is 5.85. The van der Waals surface area contributed by atoms with Crippen LogP contribution < -0.4 is 4.74 Å². The largest absolute Gasteiger partial charge is 0.476 e. The van der Waals surface area contributed by atoms with E-state index >= 15 is 0 Å². The molecule has 0 aliphatic rings. The third-order valence-corrected chi connectivity index (χ3v) is 1.07. The SMILES string of the molecule is O=C(O)c1cc(OC(F)F)cnn1. The van der Waals surface area contributed by atoms with E-state index in [1.54, 1.807) is 0 Å². The van der Waals surface area contributed by atoms with Gasteiger partial charge in [0.25, 0.3) is 0 Å². The molecular formula is C6H4F2N2O3. The number of carboxylic acid groups (broad SMARTS) is 1. The molecule has 1 rings (SSSR count). The Bertz CT molecular complexity index is 319. The van der Waals surface area contributed by atoms with E-state index in [2.05, 4.69) is 14.9 Å². The predicted octanol–water partition coefficient (Wildman–Crippen LogP) is 0.776. The Labute approximate surface area is 71.0 Å². The van der Waals surface area contributed by atoms with E-state index in [0.29, 0.717) is 0 Å². The average Bonchev–Trinajstić information content (AvgIpc) is 2.03. The molecule has 0 fully saturated rings. The Kier molecular flexibility index (Phi) is 2.68. The van der Waals surface area contributed by atoms with E-state index in [4.69, 9.17) is 5.11 Å². The number of carboxylic acids is 1. The van der Waals surface area contributed by atoms with Crippen LogP contribution in [0.2, 0.25) is 0 Å². The van der Waals surface area contributed by atoms with Crippen molar-refractivity contribution in [3.8, 4) is 5.75 Å². The van der Waals surface area contributed by atoms with Crippen molar-refractivity contribution in [1.82, 2.24) is 10.2 Å². The van der Waals surface area contributed by atoms with Gasteiger partial charge in [0.15, 0.2) is 5.69 Å². The van der Waals surface area contributed by atoms with Gasteiger partial charge in [-0.1, -0.05) is 0 Å². The fraction of sp³-hybridized carbons (Fsp3) is 0.167. The minimum atomic E-state index is -3.01. The van der Waals surface area contributed by atoms with Gasteiger partial charge in [-0.25, -0.2) is 4.79 Å². The van der Waals surface area contributed by atoms with E-state index in [1.165, 1.54) is 0 Å². The molecule has 0 aliphatic heterocycles. The number of alkyl halides is 2. The van der Waals surface area contributed by atoms with Crippen LogP contribution in [-0.4, -0.2) is 27.9 Å². The lowest BCUT2D eigenvalue weighted by atomic mass is 10.4. The van der Waals surface area contributed by atoms with Gasteiger partial charge in [0.1, 0.15) is 5.75 Å². The number of nitrogens with zero attached hydrogens (tertiary/aromatic N) is 2. The number of rotatable bonds is 3. The molecule has 0 saturated carbocycles. The summed E-state index contributed by atoms with van der Waals surface area (Å²) in [5.74, 6) is -1.69. The van der Waals surface area contributed by atoms with Gasteiger partial charge >= 0.3 is 12.6 Å². The Morgan fingerprint density at radius 2 is 2.31 bits per heavy atom. The van der Waals surface area contributed by atoms with Crippen LogP contribution in [0.25, 0.3) is 0 Å². The quantitative estimate of drug-likeness (QED) is 0.762. The topological polar surface area (TPSA) is 72.3 Å². The van der Waals surface area contributed by atoms with Gasteiger partial charge < -0.3 is 9.84 Å². The van der Waals surface area contributed by atoms with Crippen molar-refractivity contribution in [2.75, 3.05) is 0 Å². The maximum absolute atomic E-state index is 11.6. The van der Waals surface area contributed by atoms with Crippen molar-refractivity contribution < 1.29 is 23.4 Å². The monoisotopic (exact) mass is 190 g/mol. The van der Waals surface area contributed by atoms with Crippen molar-refractivity contribution in [3.05, 3.63) is 18.0 Å². The molecule has 13 heavy (non-hydrogen) atoms. The molecule has 0 radical (unpaired) electrons. The Balaban J connectivity index is 2.85. The van der Waals surface area contributed by atoms with Crippen LogP contribution in [0.15, 0.2) is 12.3 Å². The van der Waals surface area contributed by atoms with E-state index < -0.39 is 18.3 Å². The van der Waals surface area contributed by atoms with Crippen LogP contribution in [0, 0.1) is 0 Å². The fourth-order valence-corrected chi connectivity index (χ4v) is 0.621. The molecular weight excluding hydrogens is 186 g/mol. The van der Waals surface area contributed by atoms with Gasteiger partial charge in [-0.05, 0) is 0 Å². The van der Waals surface area contributed by atoms with Crippen molar-refractivity contribution in [2.24, 2.45) is 0 Å². The molecule has 5 nitrogen and oxygen atoms in total. The number of hydrogen-bond donors (Lipinski definition) is 1. The van der Waals surface area contributed by atoms with Gasteiger partial charge in [-0.15, -0.1) is 5.10 Å². The van der Waals surface area contributed by atoms with E-state index in [1.807, 2.05) is 0 Å². The minimum Gasteiger partial charge on any atom is -0.476 e. The number of aromatic nitrogens is 2. The molecule has 1 aromatic heterocycles. The Morgan fingerprint density at radius 3 is 2.85 bits per heavy atom. The third kappa shape index (κ3) is 2.62. The van der Waals surface area contributed by atoms with Crippen molar-refractivity contribution in [3.63, 3.8) is 0 Å². The summed E-state index contributed by atoms with van der Waals surface area (Å²) in [6.07, 6.45) is 0.901. The lowest BCUT2D eigenvalue weighted by Crippen LogP contribution is -2.06. The molecule has 1 heterocycles. The molecule has 0 amide bonds. The van der Waals surface area contributed by atoms with Gasteiger partial charge in [0, 0.05) is 6.07 Å². The lowest BCUT2D eigenvalue weighted by molar-refractivity contribution is -0.0502. The minimum absolute atomic E-state index is 0.331. The summed E-state index contributed by atoms with van der Waals surface area (Å²) >= 11 is 0. The van der Waals surface area contributed by atoms with Gasteiger partial charge in [0.05, 0.1) is 6.20 Å². The third-order valence-electron chi connectivity index (χ3n) is 1.07. The first-order valence-electron chi connectivity index (χ1n) is 3.10. The maximum atomic E-state index is 11.6. The van der Waals surface area contributed by atoms with Crippen molar-refractivity contribution >= 4 is 5.97 Å². The second-order valence-electron chi connectivity index (χ2n) is 1.96. The molecule has 0 aliphatic carbocycles. The second-order valence-corrected chi connectivity index (χ2v) is 1.96. The van der Waals surface area contributed by atoms with E-state index in [0.717, 1.165) is 12.3 Å². The zero-order valence-electron chi connectivity index (χ0n) is 6.15. The molecule has 1 aromatic rings. The molecule has 0 atom stereocenters. The highest BCUT2D eigenvalue weighted by atomic mass is 19.3. The van der Waals surface area contributed by atoms with Crippen molar-refractivity contribution in [1.29, 1.82) is 0 Å². The molecule has 0 saturated heterocycles. The lowest BCUT2D eigenvalue weighted by Gasteiger charge is -2.02. The van der Waals surface area contributed by atoms with Gasteiger partial charge in [0.2, 0.25) is 0 Å². The summed E-state index contributed by atoms with van der Waals surface area (Å²) in [4.78, 5) is 10.3. The van der Waals surface area contributed by atoms with Crippen LogP contribution in [-0.2, 0) is 0 Å². The predicted molar refractivity (Wildman–Crippen MR) is 35.6 cm³/mol. The first-order valence-corrected chi connectivity index (χ1v) is 3.10. The summed E-state index contributed by atoms with van der Waals surface area (Å²) in [6, 6.07) is 0.863. The number of ether oxygens (including phenoxy) is 1. The first kappa shape index (κ1) is 9.30. The van der Waals surface area contributed by atoms with Crippen LogP contribution >= 0.6 is 0 Å². The standard InChI is InChI=1S/C6H4F2N2O3/c7-6(8)13-3-1-4(5(11)12)10-9-2-3/h1-2,6H,(H,11,12). The van der Waals surface area contributed by atoms with E-state index in [9.17, 15) is 13.6 Å². The molecule has 7 heteroatoms. The van der Waals surface area contributed by atoms with Crippen LogP contribution in [0.3, 0.4) is 0 Å². The normalized spacial score (nSPS) is 10.1. The molecule has 1 N–H and O–H groups in total. The number of carbonyl (C=O) groups is 1. The fourth-order valence-electron chi connectivity index (χ4n) is 0.621. The maximum Gasteiger partial charge on any atom is 0.387 e. The Morgan fingerprint density at radius 1 is 1.62 bits per heavy atom. The molecule has 0 bridgehead atoms. The zero-order chi connectivity index (χ0) is 9.84. The van der Waals surface area contributed by atoms with Crippen LogP contribution in [0.5, 0.6) is 5.75 Å². The molecule has 70 valence electrons. The zero-order valence-corrected chi connectivity index (χ0v) is 6.15. The Hall–Kier alpha value is -1.79. The number of hydrogen-bond acceptors (Lipinski definition) is 4. The second kappa shape index (κ2) is 3.74. The molecule has 0 spiro atoms. The van der Waals surface area contributed by atoms with Gasteiger partial charge in [-0.2, -0.15) is 13.9 Å². The average molecular weight is 190 g/mol. The smallest absolute Gasteiger partial charge is 0.387 e.